The van der Waals surface area contributed by atoms with Gasteiger partial charge in [-0.05, 0) is 43.7 Å². The first kappa shape index (κ1) is 13.1. The van der Waals surface area contributed by atoms with Crippen LogP contribution in [0.2, 0.25) is 0 Å². The molecule has 0 aliphatic carbocycles. The third-order valence-corrected chi connectivity index (χ3v) is 2.69. The first-order valence-electron chi connectivity index (χ1n) is 6.26. The first-order valence-corrected chi connectivity index (χ1v) is 6.26. The van der Waals surface area contributed by atoms with Crippen LogP contribution in [0.15, 0.2) is 47.5 Å². The van der Waals surface area contributed by atoms with Gasteiger partial charge in [-0.15, -0.1) is 0 Å². The SMILES string of the molecule is CCOc1ccccc1C=Nc1ccc(C)cc1O. The van der Waals surface area contributed by atoms with Crippen LogP contribution in [0, 0.1) is 6.92 Å². The predicted octanol–water partition coefficient (Wildman–Crippen LogP) is 3.85. The van der Waals surface area contributed by atoms with E-state index in [0.29, 0.717) is 12.3 Å². The Labute approximate surface area is 113 Å². The molecule has 0 amide bonds. The van der Waals surface area contributed by atoms with Gasteiger partial charge in [0.25, 0.3) is 0 Å². The van der Waals surface area contributed by atoms with Crippen LogP contribution >= 0.6 is 0 Å². The average Bonchev–Trinajstić information content (AvgIpc) is 2.40. The fourth-order valence-electron chi connectivity index (χ4n) is 1.76. The van der Waals surface area contributed by atoms with Crippen molar-refractivity contribution in [2.24, 2.45) is 4.99 Å². The number of aliphatic imine (C=N–C) groups is 1. The van der Waals surface area contributed by atoms with Gasteiger partial charge in [0.1, 0.15) is 17.2 Å². The zero-order chi connectivity index (χ0) is 13.7. The van der Waals surface area contributed by atoms with Crippen molar-refractivity contribution in [1.29, 1.82) is 0 Å². The summed E-state index contributed by atoms with van der Waals surface area (Å²) in [7, 11) is 0. The molecule has 0 heterocycles. The van der Waals surface area contributed by atoms with Crippen molar-refractivity contribution in [3.8, 4) is 11.5 Å². The average molecular weight is 255 g/mol. The maximum atomic E-state index is 9.80. The number of aryl methyl sites for hydroxylation is 1. The fourth-order valence-corrected chi connectivity index (χ4v) is 1.76. The summed E-state index contributed by atoms with van der Waals surface area (Å²) in [5.41, 5.74) is 2.45. The van der Waals surface area contributed by atoms with Crippen molar-refractivity contribution in [2.75, 3.05) is 6.61 Å². The number of aromatic hydroxyl groups is 1. The van der Waals surface area contributed by atoms with E-state index in [4.69, 9.17) is 4.74 Å². The van der Waals surface area contributed by atoms with Crippen LogP contribution in [0.1, 0.15) is 18.1 Å². The van der Waals surface area contributed by atoms with Crippen molar-refractivity contribution >= 4 is 11.9 Å². The second kappa shape index (κ2) is 6.05. The minimum Gasteiger partial charge on any atom is -0.506 e. The summed E-state index contributed by atoms with van der Waals surface area (Å²) < 4.78 is 5.52. The Balaban J connectivity index is 2.27. The normalized spacial score (nSPS) is 10.8. The van der Waals surface area contributed by atoms with Gasteiger partial charge in [-0.25, -0.2) is 0 Å². The number of hydrogen-bond donors (Lipinski definition) is 1. The van der Waals surface area contributed by atoms with Crippen molar-refractivity contribution < 1.29 is 9.84 Å². The van der Waals surface area contributed by atoms with Crippen LogP contribution in [-0.2, 0) is 0 Å². The van der Waals surface area contributed by atoms with E-state index in [1.54, 1.807) is 18.3 Å². The summed E-state index contributed by atoms with van der Waals surface area (Å²) in [5, 5.41) is 9.80. The van der Waals surface area contributed by atoms with E-state index in [2.05, 4.69) is 4.99 Å². The van der Waals surface area contributed by atoms with Gasteiger partial charge in [0.15, 0.2) is 0 Å². The van der Waals surface area contributed by atoms with Crippen LogP contribution in [-0.4, -0.2) is 17.9 Å². The Morgan fingerprint density at radius 3 is 2.74 bits per heavy atom. The Morgan fingerprint density at radius 1 is 1.21 bits per heavy atom. The van der Waals surface area contributed by atoms with Crippen molar-refractivity contribution in [2.45, 2.75) is 13.8 Å². The van der Waals surface area contributed by atoms with E-state index in [1.807, 2.05) is 44.2 Å². The third kappa shape index (κ3) is 3.35. The number of nitrogens with zero attached hydrogens (tertiary/aromatic N) is 1. The Morgan fingerprint density at radius 2 is 2.00 bits per heavy atom. The zero-order valence-corrected chi connectivity index (χ0v) is 11.1. The highest BCUT2D eigenvalue weighted by atomic mass is 16.5. The molecule has 0 aromatic heterocycles. The molecule has 98 valence electrons. The van der Waals surface area contributed by atoms with Gasteiger partial charge in [0, 0.05) is 11.8 Å². The van der Waals surface area contributed by atoms with E-state index < -0.39 is 0 Å². The summed E-state index contributed by atoms with van der Waals surface area (Å²) in [4.78, 5) is 4.31. The molecule has 0 saturated heterocycles. The Kier molecular flexibility index (Phi) is 4.18. The fraction of sp³-hybridized carbons (Fsp3) is 0.188. The molecule has 1 N–H and O–H groups in total. The molecule has 0 fully saturated rings. The maximum absolute atomic E-state index is 9.80. The zero-order valence-electron chi connectivity index (χ0n) is 11.1. The molecule has 19 heavy (non-hydrogen) atoms. The van der Waals surface area contributed by atoms with E-state index in [9.17, 15) is 5.11 Å². The van der Waals surface area contributed by atoms with Gasteiger partial charge in [0.05, 0.1) is 6.61 Å². The monoisotopic (exact) mass is 255 g/mol. The van der Waals surface area contributed by atoms with Gasteiger partial charge < -0.3 is 9.84 Å². The highest BCUT2D eigenvalue weighted by molar-refractivity contribution is 5.86. The summed E-state index contributed by atoms with van der Waals surface area (Å²) >= 11 is 0. The van der Waals surface area contributed by atoms with Crippen molar-refractivity contribution in [1.82, 2.24) is 0 Å². The van der Waals surface area contributed by atoms with Crippen LogP contribution in [0.5, 0.6) is 11.5 Å². The minimum atomic E-state index is 0.185. The Bertz CT molecular complexity index is 591. The minimum absolute atomic E-state index is 0.185. The molecule has 2 aromatic rings. The van der Waals surface area contributed by atoms with Crippen LogP contribution in [0.4, 0.5) is 5.69 Å². The van der Waals surface area contributed by atoms with Gasteiger partial charge in [-0.2, -0.15) is 0 Å². The molecular weight excluding hydrogens is 238 g/mol. The lowest BCUT2D eigenvalue weighted by Gasteiger charge is -2.06. The van der Waals surface area contributed by atoms with Crippen molar-refractivity contribution in [3.05, 3.63) is 53.6 Å². The molecule has 0 atom stereocenters. The largest absolute Gasteiger partial charge is 0.506 e. The lowest BCUT2D eigenvalue weighted by molar-refractivity contribution is 0.340. The van der Waals surface area contributed by atoms with Gasteiger partial charge in [-0.1, -0.05) is 18.2 Å². The molecule has 0 spiro atoms. The topological polar surface area (TPSA) is 41.8 Å². The van der Waals surface area contributed by atoms with Crippen molar-refractivity contribution in [3.63, 3.8) is 0 Å². The molecular formula is C16H17NO2. The molecule has 0 aliphatic rings. The van der Waals surface area contributed by atoms with Crippen LogP contribution < -0.4 is 4.74 Å². The van der Waals surface area contributed by atoms with Crippen LogP contribution in [0.25, 0.3) is 0 Å². The number of para-hydroxylation sites is 1. The standard InChI is InChI=1S/C16H17NO2/c1-3-19-16-7-5-4-6-13(16)11-17-14-9-8-12(2)10-15(14)18/h4-11,18H,3H2,1-2H3. The number of hydrogen-bond acceptors (Lipinski definition) is 3. The van der Waals surface area contributed by atoms with E-state index in [1.165, 1.54) is 0 Å². The summed E-state index contributed by atoms with van der Waals surface area (Å²) in [6.07, 6.45) is 1.70. The number of phenolic OH excluding ortho intramolecular Hbond substituents is 1. The molecule has 3 nitrogen and oxygen atoms in total. The summed E-state index contributed by atoms with van der Waals surface area (Å²) in [6.45, 7) is 4.48. The number of phenols is 1. The molecule has 0 aliphatic heterocycles. The lowest BCUT2D eigenvalue weighted by Crippen LogP contribution is -1.95. The number of ether oxygens (including phenoxy) is 1. The molecule has 0 saturated carbocycles. The highest BCUT2D eigenvalue weighted by Gasteiger charge is 2.01. The molecule has 2 aromatic carbocycles. The summed E-state index contributed by atoms with van der Waals surface area (Å²) in [5.74, 6) is 0.977. The van der Waals surface area contributed by atoms with Gasteiger partial charge >= 0.3 is 0 Å². The molecule has 0 unspecified atom stereocenters. The third-order valence-electron chi connectivity index (χ3n) is 2.69. The number of rotatable bonds is 4. The van der Waals surface area contributed by atoms with E-state index in [0.717, 1.165) is 16.9 Å². The molecule has 3 heteroatoms. The lowest BCUT2D eigenvalue weighted by atomic mass is 10.2. The first-order chi connectivity index (χ1) is 9.20. The Hall–Kier alpha value is -2.29. The van der Waals surface area contributed by atoms with E-state index >= 15 is 0 Å². The second-order valence-corrected chi connectivity index (χ2v) is 4.22. The maximum Gasteiger partial charge on any atom is 0.141 e. The van der Waals surface area contributed by atoms with E-state index in [-0.39, 0.29) is 5.75 Å². The quantitative estimate of drug-likeness (QED) is 0.843. The second-order valence-electron chi connectivity index (χ2n) is 4.22. The van der Waals surface area contributed by atoms with Gasteiger partial charge in [-0.3, -0.25) is 4.99 Å². The molecule has 0 bridgehead atoms. The predicted molar refractivity (Wildman–Crippen MR) is 77.7 cm³/mol. The smallest absolute Gasteiger partial charge is 0.141 e. The summed E-state index contributed by atoms with van der Waals surface area (Å²) in [6, 6.07) is 13.1. The number of benzene rings is 2. The van der Waals surface area contributed by atoms with Crippen LogP contribution in [0.3, 0.4) is 0 Å². The molecule has 0 radical (unpaired) electrons. The van der Waals surface area contributed by atoms with Gasteiger partial charge in [0.2, 0.25) is 0 Å². The molecule has 2 rings (SSSR count). The highest BCUT2D eigenvalue weighted by Crippen LogP contribution is 2.27.